The third kappa shape index (κ3) is 4.56. The molecule has 1 saturated heterocycles. The van der Waals surface area contributed by atoms with Crippen molar-refractivity contribution in [2.24, 2.45) is 11.3 Å². The Hall–Kier alpha value is -1.60. The minimum Gasteiger partial charge on any atom is -0.381 e. The van der Waals surface area contributed by atoms with Gasteiger partial charge in [-0.05, 0) is 67.2 Å². The molecule has 178 valence electrons. The van der Waals surface area contributed by atoms with E-state index in [0.717, 1.165) is 56.9 Å². The van der Waals surface area contributed by atoms with E-state index < -0.39 is 17.2 Å². The van der Waals surface area contributed by atoms with Gasteiger partial charge in [0.15, 0.2) is 0 Å². The Kier molecular flexibility index (Phi) is 6.61. The zero-order valence-electron chi connectivity index (χ0n) is 19.3. The van der Waals surface area contributed by atoms with Crippen molar-refractivity contribution < 1.29 is 22.7 Å². The van der Waals surface area contributed by atoms with E-state index in [1.807, 2.05) is 11.8 Å². The Balaban J connectivity index is 1.52. The van der Waals surface area contributed by atoms with Gasteiger partial charge in [0, 0.05) is 38.4 Å². The van der Waals surface area contributed by atoms with Gasteiger partial charge < -0.3 is 15.0 Å². The third-order valence-corrected chi connectivity index (χ3v) is 7.92. The third-order valence-electron chi connectivity index (χ3n) is 7.92. The molecule has 0 unspecified atom stereocenters. The second kappa shape index (κ2) is 8.98. The van der Waals surface area contributed by atoms with Gasteiger partial charge in [-0.3, -0.25) is 4.79 Å². The number of nitrogens with zero attached hydrogens (tertiary/aromatic N) is 1. The van der Waals surface area contributed by atoms with Crippen LogP contribution in [-0.4, -0.2) is 42.6 Å². The molecular formula is C25H35F3N2O2. The van der Waals surface area contributed by atoms with Crippen molar-refractivity contribution in [2.75, 3.05) is 19.8 Å². The van der Waals surface area contributed by atoms with E-state index in [9.17, 15) is 18.0 Å². The van der Waals surface area contributed by atoms with Crippen LogP contribution in [0.15, 0.2) is 18.2 Å². The fourth-order valence-corrected chi connectivity index (χ4v) is 5.95. The average Bonchev–Trinajstić information content (AvgIpc) is 3.18. The van der Waals surface area contributed by atoms with Crippen molar-refractivity contribution in [3.05, 3.63) is 34.9 Å². The number of alkyl halides is 3. The summed E-state index contributed by atoms with van der Waals surface area (Å²) in [6.45, 7) is 8.60. The average molecular weight is 453 g/mol. The van der Waals surface area contributed by atoms with Crippen LogP contribution in [0.5, 0.6) is 0 Å². The fourth-order valence-electron chi connectivity index (χ4n) is 5.95. The Morgan fingerprint density at radius 2 is 1.91 bits per heavy atom. The molecule has 4 rings (SSSR count). The van der Waals surface area contributed by atoms with Gasteiger partial charge in [-0.15, -0.1) is 0 Å². The second-order valence-electron chi connectivity index (χ2n) is 10.3. The van der Waals surface area contributed by atoms with Crippen LogP contribution >= 0.6 is 0 Å². The number of halogens is 3. The van der Waals surface area contributed by atoms with E-state index in [2.05, 4.69) is 19.2 Å². The quantitative estimate of drug-likeness (QED) is 0.690. The van der Waals surface area contributed by atoms with Gasteiger partial charge in [-0.2, -0.15) is 13.2 Å². The molecule has 2 aliphatic heterocycles. The van der Waals surface area contributed by atoms with E-state index in [1.165, 1.54) is 6.07 Å². The molecule has 3 atom stereocenters. The monoisotopic (exact) mass is 452 g/mol. The highest BCUT2D eigenvalue weighted by molar-refractivity contribution is 5.84. The summed E-state index contributed by atoms with van der Waals surface area (Å²) in [5.74, 6) is 0.306. The lowest BCUT2D eigenvalue weighted by Crippen LogP contribution is -2.49. The Morgan fingerprint density at radius 3 is 2.56 bits per heavy atom. The molecule has 0 radical (unpaired) electrons. The van der Waals surface area contributed by atoms with Gasteiger partial charge in [0.2, 0.25) is 5.91 Å². The minimum absolute atomic E-state index is 0.0201. The maximum Gasteiger partial charge on any atom is 0.416 e. The summed E-state index contributed by atoms with van der Waals surface area (Å²) in [6.07, 6.45) is 0.200. The van der Waals surface area contributed by atoms with Crippen molar-refractivity contribution >= 4 is 5.91 Å². The summed E-state index contributed by atoms with van der Waals surface area (Å²) in [6, 6.07) is 4.72. The SMILES string of the molecule is CC(C)[C@]1(C(=O)N2Cc3cc(C(F)(F)F)ccc3[C@H](C)C2)CC[C@@H](NC2CCOCC2)C1. The number of amides is 1. The maximum atomic E-state index is 13.9. The number of rotatable bonds is 4. The van der Waals surface area contributed by atoms with Crippen molar-refractivity contribution in [2.45, 2.75) is 83.6 Å². The van der Waals surface area contributed by atoms with E-state index in [4.69, 9.17) is 4.74 Å². The predicted molar refractivity (Wildman–Crippen MR) is 117 cm³/mol. The van der Waals surface area contributed by atoms with Gasteiger partial charge in [0.1, 0.15) is 0 Å². The standard InChI is InChI=1S/C25H35F3N2O2/c1-16(2)24(9-6-21(13-24)29-20-7-10-32-11-8-20)23(31)30-14-17(3)22-5-4-19(25(26,27)28)12-18(22)15-30/h4-5,12,16-17,20-21,29H,6-11,13-15H2,1-3H3/t17-,21-,24+/m1/s1. The molecule has 3 aliphatic rings. The van der Waals surface area contributed by atoms with E-state index in [-0.39, 0.29) is 24.3 Å². The summed E-state index contributed by atoms with van der Waals surface area (Å²) in [5, 5.41) is 3.76. The predicted octanol–water partition coefficient (Wildman–Crippen LogP) is 5.11. The van der Waals surface area contributed by atoms with Gasteiger partial charge in [0.05, 0.1) is 11.0 Å². The van der Waals surface area contributed by atoms with E-state index in [0.29, 0.717) is 24.2 Å². The molecule has 7 heteroatoms. The first-order valence-corrected chi connectivity index (χ1v) is 11.9. The van der Waals surface area contributed by atoms with Crippen LogP contribution in [-0.2, 0) is 22.3 Å². The van der Waals surface area contributed by atoms with Crippen LogP contribution in [0, 0.1) is 11.3 Å². The minimum atomic E-state index is -4.38. The number of ether oxygens (including phenoxy) is 1. The van der Waals surface area contributed by atoms with Gasteiger partial charge in [0.25, 0.3) is 0 Å². The topological polar surface area (TPSA) is 41.6 Å². The molecule has 1 aromatic carbocycles. The summed E-state index contributed by atoms with van der Waals surface area (Å²) < 4.78 is 45.2. The molecule has 4 nitrogen and oxygen atoms in total. The van der Waals surface area contributed by atoms with Gasteiger partial charge >= 0.3 is 6.18 Å². The summed E-state index contributed by atoms with van der Waals surface area (Å²) in [4.78, 5) is 15.7. The molecule has 2 fully saturated rings. The normalized spacial score (nSPS) is 29.4. The highest BCUT2D eigenvalue weighted by Crippen LogP contribution is 2.47. The van der Waals surface area contributed by atoms with Gasteiger partial charge in [-0.25, -0.2) is 0 Å². The number of benzene rings is 1. The van der Waals surface area contributed by atoms with E-state index >= 15 is 0 Å². The number of hydrogen-bond donors (Lipinski definition) is 1. The van der Waals surface area contributed by atoms with Crippen molar-refractivity contribution in [3.8, 4) is 0 Å². The number of hydrogen-bond acceptors (Lipinski definition) is 3. The van der Waals surface area contributed by atoms with Crippen LogP contribution < -0.4 is 5.32 Å². The van der Waals surface area contributed by atoms with Crippen molar-refractivity contribution in [1.29, 1.82) is 0 Å². The molecule has 1 aromatic rings. The number of nitrogens with one attached hydrogen (secondary N) is 1. The van der Waals surface area contributed by atoms with Crippen LogP contribution in [0.3, 0.4) is 0 Å². The highest BCUT2D eigenvalue weighted by Gasteiger charge is 2.50. The zero-order valence-corrected chi connectivity index (χ0v) is 19.3. The van der Waals surface area contributed by atoms with Crippen LogP contribution in [0.1, 0.15) is 75.5 Å². The van der Waals surface area contributed by atoms with Crippen LogP contribution in [0.2, 0.25) is 0 Å². The van der Waals surface area contributed by atoms with Crippen LogP contribution in [0.25, 0.3) is 0 Å². The Bertz CT molecular complexity index is 835. The van der Waals surface area contributed by atoms with Crippen molar-refractivity contribution in [1.82, 2.24) is 10.2 Å². The molecule has 1 N–H and O–H groups in total. The zero-order chi connectivity index (χ0) is 23.1. The maximum absolute atomic E-state index is 13.9. The first-order chi connectivity index (χ1) is 15.1. The smallest absolute Gasteiger partial charge is 0.381 e. The molecule has 32 heavy (non-hydrogen) atoms. The van der Waals surface area contributed by atoms with Crippen LogP contribution in [0.4, 0.5) is 13.2 Å². The second-order valence-corrected chi connectivity index (χ2v) is 10.3. The molecule has 1 amide bonds. The summed E-state index contributed by atoms with van der Waals surface area (Å²) in [5.41, 5.74) is 0.451. The number of carbonyl (C=O) groups is 1. The molecule has 0 bridgehead atoms. The highest BCUT2D eigenvalue weighted by atomic mass is 19.4. The molecular weight excluding hydrogens is 417 g/mol. The lowest BCUT2D eigenvalue weighted by molar-refractivity contribution is -0.146. The molecule has 2 heterocycles. The molecule has 0 spiro atoms. The first kappa shape index (κ1) is 23.6. The Labute approximate surface area is 188 Å². The molecule has 1 aliphatic carbocycles. The molecule has 1 saturated carbocycles. The van der Waals surface area contributed by atoms with Crippen molar-refractivity contribution in [3.63, 3.8) is 0 Å². The summed E-state index contributed by atoms with van der Waals surface area (Å²) >= 11 is 0. The lowest BCUT2D eigenvalue weighted by Gasteiger charge is -2.41. The summed E-state index contributed by atoms with van der Waals surface area (Å²) in [7, 11) is 0. The molecule has 0 aromatic heterocycles. The number of carbonyl (C=O) groups excluding carboxylic acids is 1. The Morgan fingerprint density at radius 1 is 1.19 bits per heavy atom. The number of fused-ring (bicyclic) bond motifs is 1. The largest absolute Gasteiger partial charge is 0.416 e. The first-order valence-electron chi connectivity index (χ1n) is 11.9. The lowest BCUT2D eigenvalue weighted by atomic mass is 9.73. The fraction of sp³-hybridized carbons (Fsp3) is 0.720. The van der Waals surface area contributed by atoms with E-state index in [1.54, 1.807) is 6.07 Å². The van der Waals surface area contributed by atoms with Gasteiger partial charge in [-0.1, -0.05) is 26.8 Å².